The maximum absolute atomic E-state index is 14.1. The van der Waals surface area contributed by atoms with Crippen molar-refractivity contribution >= 4 is 11.9 Å². The highest BCUT2D eigenvalue weighted by Crippen LogP contribution is 2.19. The van der Waals surface area contributed by atoms with Gasteiger partial charge in [0.05, 0.1) is 13.2 Å². The van der Waals surface area contributed by atoms with E-state index in [-0.39, 0.29) is 11.6 Å². The zero-order valence-corrected chi connectivity index (χ0v) is 16.4. The Hall–Kier alpha value is -2.90. The van der Waals surface area contributed by atoms with E-state index in [9.17, 15) is 4.39 Å². The first-order valence-electron chi connectivity index (χ1n) is 9.67. The summed E-state index contributed by atoms with van der Waals surface area (Å²) in [4.78, 5) is 17.7. The average molecular weight is 386 g/mol. The van der Waals surface area contributed by atoms with Crippen LogP contribution in [0.2, 0.25) is 0 Å². The van der Waals surface area contributed by atoms with Crippen LogP contribution >= 0.6 is 0 Å². The van der Waals surface area contributed by atoms with E-state index in [1.807, 2.05) is 26.0 Å². The Labute approximate surface area is 165 Å². The van der Waals surface area contributed by atoms with Crippen LogP contribution in [0.1, 0.15) is 19.4 Å². The molecule has 8 heteroatoms. The van der Waals surface area contributed by atoms with Gasteiger partial charge in [-0.2, -0.15) is 0 Å². The predicted molar refractivity (Wildman–Crippen MR) is 108 cm³/mol. The van der Waals surface area contributed by atoms with E-state index in [1.54, 1.807) is 18.5 Å². The summed E-state index contributed by atoms with van der Waals surface area (Å²) in [7, 11) is 0. The lowest BCUT2D eigenvalue weighted by molar-refractivity contribution is 0.321. The first-order valence-corrected chi connectivity index (χ1v) is 9.67. The van der Waals surface area contributed by atoms with Gasteiger partial charge in [0, 0.05) is 45.1 Å². The number of aliphatic imine (C=N–C) groups is 1. The standard InChI is InChI=1S/C20H27FN6O/c1-3-22-19(25-15-16-6-7-18(28-4-2)17(21)14-16)26-10-12-27(13-11-26)20-23-8-5-9-24-20/h5-9,14H,3-4,10-13,15H2,1-2H3,(H,22,25). The molecule has 1 N–H and O–H groups in total. The maximum Gasteiger partial charge on any atom is 0.225 e. The van der Waals surface area contributed by atoms with E-state index in [2.05, 4.69) is 25.1 Å². The topological polar surface area (TPSA) is 65.9 Å². The molecule has 0 radical (unpaired) electrons. The van der Waals surface area contributed by atoms with E-state index >= 15 is 0 Å². The number of aromatic nitrogens is 2. The van der Waals surface area contributed by atoms with Crippen molar-refractivity contribution in [2.45, 2.75) is 20.4 Å². The highest BCUT2D eigenvalue weighted by Gasteiger charge is 2.21. The van der Waals surface area contributed by atoms with E-state index in [0.717, 1.165) is 50.2 Å². The SMILES string of the molecule is CCNC(=NCc1ccc(OCC)c(F)c1)N1CCN(c2ncccn2)CC1. The monoisotopic (exact) mass is 386 g/mol. The second-order valence-electron chi connectivity index (χ2n) is 6.39. The van der Waals surface area contributed by atoms with Crippen LogP contribution in [-0.2, 0) is 6.54 Å². The molecule has 0 unspecified atom stereocenters. The Bertz CT molecular complexity index is 778. The van der Waals surface area contributed by atoms with Crippen LogP contribution in [0.3, 0.4) is 0 Å². The molecule has 1 saturated heterocycles. The molecule has 28 heavy (non-hydrogen) atoms. The number of hydrogen-bond acceptors (Lipinski definition) is 5. The second kappa shape index (κ2) is 9.87. The summed E-state index contributed by atoms with van der Waals surface area (Å²) in [5.41, 5.74) is 0.813. The van der Waals surface area contributed by atoms with Crippen LogP contribution in [0.4, 0.5) is 10.3 Å². The quantitative estimate of drug-likeness (QED) is 0.607. The van der Waals surface area contributed by atoms with E-state index in [0.29, 0.717) is 13.2 Å². The van der Waals surface area contributed by atoms with E-state index in [1.165, 1.54) is 6.07 Å². The van der Waals surface area contributed by atoms with Gasteiger partial charge in [-0.05, 0) is 37.6 Å². The average Bonchev–Trinajstić information content (AvgIpc) is 2.74. The summed E-state index contributed by atoms with van der Waals surface area (Å²) < 4.78 is 19.3. The molecule has 0 saturated carbocycles. The molecule has 0 aliphatic carbocycles. The first kappa shape index (κ1) is 19.9. The Kier molecular flexibility index (Phi) is 7.00. The lowest BCUT2D eigenvalue weighted by Crippen LogP contribution is -2.52. The number of guanidine groups is 1. The number of nitrogens with one attached hydrogen (secondary N) is 1. The smallest absolute Gasteiger partial charge is 0.225 e. The van der Waals surface area contributed by atoms with Crippen molar-refractivity contribution in [3.63, 3.8) is 0 Å². The summed E-state index contributed by atoms with van der Waals surface area (Å²) in [5, 5.41) is 3.33. The second-order valence-corrected chi connectivity index (χ2v) is 6.39. The number of rotatable bonds is 6. The highest BCUT2D eigenvalue weighted by atomic mass is 19.1. The van der Waals surface area contributed by atoms with Crippen LogP contribution < -0.4 is 15.0 Å². The minimum Gasteiger partial charge on any atom is -0.491 e. The van der Waals surface area contributed by atoms with Crippen molar-refractivity contribution in [2.75, 3.05) is 44.2 Å². The molecule has 7 nitrogen and oxygen atoms in total. The lowest BCUT2D eigenvalue weighted by Gasteiger charge is -2.36. The lowest BCUT2D eigenvalue weighted by atomic mass is 10.2. The van der Waals surface area contributed by atoms with Gasteiger partial charge in [0.15, 0.2) is 17.5 Å². The minimum absolute atomic E-state index is 0.279. The molecule has 1 aliphatic rings. The van der Waals surface area contributed by atoms with Crippen molar-refractivity contribution in [3.8, 4) is 5.75 Å². The highest BCUT2D eigenvalue weighted by molar-refractivity contribution is 5.80. The Morgan fingerprint density at radius 1 is 1.18 bits per heavy atom. The number of halogens is 1. The van der Waals surface area contributed by atoms with Gasteiger partial charge in [-0.1, -0.05) is 6.07 Å². The van der Waals surface area contributed by atoms with Gasteiger partial charge in [-0.3, -0.25) is 0 Å². The number of anilines is 1. The fourth-order valence-corrected chi connectivity index (χ4v) is 3.08. The minimum atomic E-state index is -0.351. The summed E-state index contributed by atoms with van der Waals surface area (Å²) in [5.74, 6) is 1.52. The van der Waals surface area contributed by atoms with Crippen LogP contribution in [0.15, 0.2) is 41.7 Å². The molecule has 1 aliphatic heterocycles. The van der Waals surface area contributed by atoms with Gasteiger partial charge in [0.1, 0.15) is 0 Å². The molecule has 0 atom stereocenters. The molecule has 3 rings (SSSR count). The van der Waals surface area contributed by atoms with Gasteiger partial charge in [-0.15, -0.1) is 0 Å². The van der Waals surface area contributed by atoms with Crippen LogP contribution in [0.5, 0.6) is 5.75 Å². The van der Waals surface area contributed by atoms with Crippen molar-refractivity contribution in [2.24, 2.45) is 4.99 Å². The normalized spacial score (nSPS) is 14.9. The zero-order chi connectivity index (χ0) is 19.8. The van der Waals surface area contributed by atoms with Gasteiger partial charge in [0.2, 0.25) is 5.95 Å². The summed E-state index contributed by atoms with van der Waals surface area (Å²) in [6.07, 6.45) is 3.52. The fraction of sp³-hybridized carbons (Fsp3) is 0.450. The Balaban J connectivity index is 1.62. The molecule has 0 amide bonds. The van der Waals surface area contributed by atoms with Crippen LogP contribution in [-0.4, -0.2) is 60.2 Å². The van der Waals surface area contributed by atoms with Gasteiger partial charge >= 0.3 is 0 Å². The maximum atomic E-state index is 14.1. The van der Waals surface area contributed by atoms with Gasteiger partial charge < -0.3 is 19.9 Å². The van der Waals surface area contributed by atoms with Crippen LogP contribution in [0.25, 0.3) is 0 Å². The van der Waals surface area contributed by atoms with Crippen molar-refractivity contribution < 1.29 is 9.13 Å². The van der Waals surface area contributed by atoms with Gasteiger partial charge in [0.25, 0.3) is 0 Å². The third-order valence-electron chi connectivity index (χ3n) is 4.46. The molecule has 2 heterocycles. The van der Waals surface area contributed by atoms with E-state index in [4.69, 9.17) is 9.73 Å². The summed E-state index contributed by atoms with van der Waals surface area (Å²) in [6.45, 7) is 8.80. The first-order chi connectivity index (χ1) is 13.7. The number of ether oxygens (including phenoxy) is 1. The molecule has 1 aromatic carbocycles. The number of benzene rings is 1. The van der Waals surface area contributed by atoms with Crippen LogP contribution in [0, 0.1) is 5.82 Å². The molecule has 0 spiro atoms. The largest absolute Gasteiger partial charge is 0.491 e. The van der Waals surface area contributed by atoms with Gasteiger partial charge in [-0.25, -0.2) is 19.4 Å². The van der Waals surface area contributed by atoms with Crippen molar-refractivity contribution in [1.82, 2.24) is 20.2 Å². The van der Waals surface area contributed by atoms with Crippen molar-refractivity contribution in [1.29, 1.82) is 0 Å². The molecular formula is C20H27FN6O. The zero-order valence-electron chi connectivity index (χ0n) is 16.4. The molecule has 1 fully saturated rings. The van der Waals surface area contributed by atoms with E-state index < -0.39 is 0 Å². The molecular weight excluding hydrogens is 359 g/mol. The summed E-state index contributed by atoms with van der Waals surface area (Å²) in [6, 6.07) is 6.82. The summed E-state index contributed by atoms with van der Waals surface area (Å²) >= 11 is 0. The number of nitrogens with zero attached hydrogens (tertiary/aromatic N) is 5. The Morgan fingerprint density at radius 3 is 2.57 bits per heavy atom. The Morgan fingerprint density at radius 2 is 1.93 bits per heavy atom. The molecule has 0 bridgehead atoms. The third kappa shape index (κ3) is 5.09. The third-order valence-corrected chi connectivity index (χ3v) is 4.46. The number of piperazine rings is 1. The van der Waals surface area contributed by atoms with Crippen molar-refractivity contribution in [3.05, 3.63) is 48.0 Å². The predicted octanol–water partition coefficient (Wildman–Crippen LogP) is 2.30. The molecule has 2 aromatic rings. The fourth-order valence-electron chi connectivity index (χ4n) is 3.08. The molecule has 1 aromatic heterocycles. The molecule has 150 valence electrons. The number of hydrogen-bond donors (Lipinski definition) is 1.